The van der Waals surface area contributed by atoms with Gasteiger partial charge in [-0.15, -0.1) is 10.2 Å². The van der Waals surface area contributed by atoms with E-state index in [0.29, 0.717) is 18.0 Å². The number of aromatic nitrogens is 3. The molecule has 1 saturated heterocycles. The third kappa shape index (κ3) is 2.55. The molecule has 0 radical (unpaired) electrons. The average molecular weight is 262 g/mol. The molecule has 1 aromatic rings. The van der Waals surface area contributed by atoms with E-state index in [2.05, 4.69) is 33.9 Å². The van der Waals surface area contributed by atoms with E-state index in [0.717, 1.165) is 12.4 Å². The van der Waals surface area contributed by atoms with Crippen molar-refractivity contribution in [1.29, 1.82) is 0 Å². The summed E-state index contributed by atoms with van der Waals surface area (Å²) in [5.74, 6) is 2.96. The van der Waals surface area contributed by atoms with E-state index >= 15 is 0 Å². The maximum atomic E-state index is 4.52. The minimum atomic E-state index is 0.400. The molecule has 106 valence electrons. The second-order valence-corrected chi connectivity index (χ2v) is 6.32. The van der Waals surface area contributed by atoms with E-state index in [4.69, 9.17) is 0 Å². The second kappa shape index (κ2) is 5.61. The summed E-state index contributed by atoms with van der Waals surface area (Å²) in [5, 5.41) is 12.5. The van der Waals surface area contributed by atoms with Crippen LogP contribution in [-0.4, -0.2) is 21.3 Å². The SMILES string of the molecule is Cc1nnc(C2NCCCC2C)n1C1CCCCC1. The quantitative estimate of drug-likeness (QED) is 0.890. The van der Waals surface area contributed by atoms with Gasteiger partial charge >= 0.3 is 0 Å². The number of rotatable bonds is 2. The monoisotopic (exact) mass is 262 g/mol. The number of hydrogen-bond donors (Lipinski definition) is 1. The van der Waals surface area contributed by atoms with Crippen LogP contribution in [0.1, 0.15) is 75.6 Å². The highest BCUT2D eigenvalue weighted by Gasteiger charge is 2.30. The van der Waals surface area contributed by atoms with Crippen molar-refractivity contribution in [2.24, 2.45) is 5.92 Å². The summed E-state index contributed by atoms with van der Waals surface area (Å²) in [6.45, 7) is 5.57. The summed E-state index contributed by atoms with van der Waals surface area (Å²) < 4.78 is 2.44. The van der Waals surface area contributed by atoms with Crippen molar-refractivity contribution < 1.29 is 0 Å². The largest absolute Gasteiger partial charge is 0.311 e. The zero-order valence-electron chi connectivity index (χ0n) is 12.2. The third-order valence-electron chi connectivity index (χ3n) is 4.88. The van der Waals surface area contributed by atoms with Crippen LogP contribution < -0.4 is 5.32 Å². The lowest BCUT2D eigenvalue weighted by Crippen LogP contribution is -2.35. The van der Waals surface area contributed by atoms with Gasteiger partial charge in [0, 0.05) is 6.04 Å². The molecule has 0 spiro atoms. The molecule has 1 aliphatic carbocycles. The second-order valence-electron chi connectivity index (χ2n) is 6.32. The van der Waals surface area contributed by atoms with Crippen LogP contribution >= 0.6 is 0 Å². The molecule has 4 nitrogen and oxygen atoms in total. The smallest absolute Gasteiger partial charge is 0.150 e. The first-order chi connectivity index (χ1) is 9.27. The molecular weight excluding hydrogens is 236 g/mol. The summed E-state index contributed by atoms with van der Waals surface area (Å²) in [7, 11) is 0. The van der Waals surface area contributed by atoms with Gasteiger partial charge in [0.25, 0.3) is 0 Å². The zero-order chi connectivity index (χ0) is 13.2. The van der Waals surface area contributed by atoms with Gasteiger partial charge in [0.15, 0.2) is 5.82 Å². The molecule has 4 heteroatoms. The van der Waals surface area contributed by atoms with Crippen LogP contribution in [0.15, 0.2) is 0 Å². The molecule has 19 heavy (non-hydrogen) atoms. The van der Waals surface area contributed by atoms with Gasteiger partial charge in [-0.2, -0.15) is 0 Å². The fourth-order valence-corrected chi connectivity index (χ4v) is 3.78. The van der Waals surface area contributed by atoms with Gasteiger partial charge < -0.3 is 9.88 Å². The van der Waals surface area contributed by atoms with Gasteiger partial charge in [-0.3, -0.25) is 0 Å². The van der Waals surface area contributed by atoms with Crippen molar-refractivity contribution in [2.45, 2.75) is 70.9 Å². The van der Waals surface area contributed by atoms with E-state index in [1.807, 2.05) is 0 Å². The Morgan fingerprint density at radius 1 is 1.05 bits per heavy atom. The van der Waals surface area contributed by atoms with Crippen LogP contribution in [-0.2, 0) is 0 Å². The fraction of sp³-hybridized carbons (Fsp3) is 0.867. The Morgan fingerprint density at radius 2 is 1.84 bits per heavy atom. The lowest BCUT2D eigenvalue weighted by atomic mass is 9.90. The minimum Gasteiger partial charge on any atom is -0.311 e. The summed E-state index contributed by atoms with van der Waals surface area (Å²) in [6.07, 6.45) is 9.29. The Labute approximate surface area is 116 Å². The fourth-order valence-electron chi connectivity index (χ4n) is 3.78. The minimum absolute atomic E-state index is 0.400. The first-order valence-electron chi connectivity index (χ1n) is 7.92. The number of nitrogens with zero attached hydrogens (tertiary/aromatic N) is 3. The molecule has 2 heterocycles. The van der Waals surface area contributed by atoms with Crippen molar-refractivity contribution in [2.75, 3.05) is 6.54 Å². The normalized spacial score (nSPS) is 29.6. The lowest BCUT2D eigenvalue weighted by molar-refractivity contribution is 0.267. The van der Waals surface area contributed by atoms with Gasteiger partial charge in [-0.25, -0.2) is 0 Å². The van der Waals surface area contributed by atoms with Gasteiger partial charge in [-0.05, 0) is 45.1 Å². The number of aryl methyl sites for hydroxylation is 1. The van der Waals surface area contributed by atoms with Crippen molar-refractivity contribution in [1.82, 2.24) is 20.1 Å². The Kier molecular flexibility index (Phi) is 3.87. The Bertz CT molecular complexity index is 420. The highest BCUT2D eigenvalue weighted by atomic mass is 15.3. The predicted octanol–water partition coefficient (Wildman–Crippen LogP) is 3.15. The van der Waals surface area contributed by atoms with E-state index < -0.39 is 0 Å². The summed E-state index contributed by atoms with van der Waals surface area (Å²) in [6, 6.07) is 1.03. The molecule has 1 N–H and O–H groups in total. The van der Waals surface area contributed by atoms with Gasteiger partial charge in [0.1, 0.15) is 5.82 Å². The number of hydrogen-bond acceptors (Lipinski definition) is 3. The van der Waals surface area contributed by atoms with Crippen LogP contribution in [0.5, 0.6) is 0 Å². The van der Waals surface area contributed by atoms with Crippen molar-refractivity contribution in [3.05, 3.63) is 11.6 Å². The molecule has 2 aliphatic rings. The van der Waals surface area contributed by atoms with Crippen LogP contribution in [0.25, 0.3) is 0 Å². The van der Waals surface area contributed by atoms with E-state index in [-0.39, 0.29) is 0 Å². The van der Waals surface area contributed by atoms with Crippen molar-refractivity contribution in [3.63, 3.8) is 0 Å². The molecule has 3 rings (SSSR count). The van der Waals surface area contributed by atoms with Crippen molar-refractivity contribution >= 4 is 0 Å². The van der Waals surface area contributed by atoms with Gasteiger partial charge in [0.2, 0.25) is 0 Å². The maximum absolute atomic E-state index is 4.52. The molecular formula is C15H26N4. The molecule has 0 aromatic carbocycles. The van der Waals surface area contributed by atoms with Crippen LogP contribution in [0, 0.1) is 12.8 Å². The summed E-state index contributed by atoms with van der Waals surface area (Å²) in [5.41, 5.74) is 0. The Morgan fingerprint density at radius 3 is 2.58 bits per heavy atom. The molecule has 2 atom stereocenters. The van der Waals surface area contributed by atoms with Crippen LogP contribution in [0.2, 0.25) is 0 Å². The van der Waals surface area contributed by atoms with E-state index in [9.17, 15) is 0 Å². The molecule has 1 saturated carbocycles. The standard InChI is InChI=1S/C15H26N4/c1-11-7-6-10-16-14(11)15-18-17-12(2)19(15)13-8-4-3-5-9-13/h11,13-14,16H,3-10H2,1-2H3. The molecule has 2 unspecified atom stereocenters. The molecule has 0 amide bonds. The third-order valence-corrected chi connectivity index (χ3v) is 4.88. The highest BCUT2D eigenvalue weighted by molar-refractivity contribution is 5.05. The molecule has 1 aromatic heterocycles. The Balaban J connectivity index is 1.88. The zero-order valence-corrected chi connectivity index (χ0v) is 12.2. The molecule has 0 bridgehead atoms. The Hall–Kier alpha value is -0.900. The van der Waals surface area contributed by atoms with Crippen molar-refractivity contribution in [3.8, 4) is 0 Å². The predicted molar refractivity (Wildman–Crippen MR) is 76.0 cm³/mol. The highest BCUT2D eigenvalue weighted by Crippen LogP contribution is 2.34. The summed E-state index contributed by atoms with van der Waals surface area (Å²) >= 11 is 0. The van der Waals surface area contributed by atoms with Gasteiger partial charge in [-0.1, -0.05) is 26.2 Å². The van der Waals surface area contributed by atoms with E-state index in [1.165, 1.54) is 50.8 Å². The summed E-state index contributed by atoms with van der Waals surface area (Å²) in [4.78, 5) is 0. The molecule has 2 fully saturated rings. The maximum Gasteiger partial charge on any atom is 0.150 e. The average Bonchev–Trinajstić information content (AvgIpc) is 2.82. The van der Waals surface area contributed by atoms with Crippen LogP contribution in [0.3, 0.4) is 0 Å². The topological polar surface area (TPSA) is 42.7 Å². The van der Waals surface area contributed by atoms with Crippen LogP contribution in [0.4, 0.5) is 0 Å². The number of nitrogens with one attached hydrogen (secondary N) is 1. The van der Waals surface area contributed by atoms with E-state index in [1.54, 1.807) is 0 Å². The first kappa shape index (κ1) is 13.1. The molecule has 1 aliphatic heterocycles. The number of piperidine rings is 1. The van der Waals surface area contributed by atoms with Gasteiger partial charge in [0.05, 0.1) is 6.04 Å². The first-order valence-corrected chi connectivity index (χ1v) is 7.92. The lowest BCUT2D eigenvalue weighted by Gasteiger charge is -2.32.